The molecule has 1 N–H and O–H groups in total. The molecule has 0 unspecified atom stereocenters. The van der Waals surface area contributed by atoms with Gasteiger partial charge < -0.3 is 9.47 Å². The summed E-state index contributed by atoms with van der Waals surface area (Å²) in [6.45, 7) is 4.26. The van der Waals surface area contributed by atoms with Gasteiger partial charge in [-0.25, -0.2) is 9.59 Å². The molecule has 3 heterocycles. The molecule has 0 radical (unpaired) electrons. The number of aryl methyl sites for hydroxylation is 2. The van der Waals surface area contributed by atoms with Gasteiger partial charge in [-0.2, -0.15) is 5.21 Å². The van der Waals surface area contributed by atoms with Crippen LogP contribution in [-0.2, 0) is 27.7 Å². The van der Waals surface area contributed by atoms with E-state index in [-0.39, 0.29) is 17.9 Å². The standard InChI is InChI=1S/C20H22N4O4S2/c1-10(2)9-20(19-21-23-24-22-19)11-7-15(17(25)27-3)29-13(11)5-6-14-12(20)8-16(30-14)18(26)28-4/h7-8,10H,5-6,9H2,1-4H3,(H,21,22,23,24). The molecule has 0 aromatic carbocycles. The minimum Gasteiger partial charge on any atom is -0.465 e. The average Bonchev–Trinajstić information content (AvgIpc) is 3.48. The van der Waals surface area contributed by atoms with Crippen molar-refractivity contribution in [3.63, 3.8) is 0 Å². The molecule has 0 spiro atoms. The van der Waals surface area contributed by atoms with Crippen molar-refractivity contribution in [2.45, 2.75) is 38.5 Å². The number of carbonyl (C=O) groups is 2. The van der Waals surface area contributed by atoms with Crippen LogP contribution in [0, 0.1) is 5.92 Å². The maximum Gasteiger partial charge on any atom is 0.348 e. The van der Waals surface area contributed by atoms with E-state index in [1.54, 1.807) is 0 Å². The van der Waals surface area contributed by atoms with Gasteiger partial charge in [0, 0.05) is 9.75 Å². The normalized spacial score (nSPS) is 14.7. The number of ether oxygens (including phenoxy) is 2. The summed E-state index contributed by atoms with van der Waals surface area (Å²) < 4.78 is 9.93. The van der Waals surface area contributed by atoms with Crippen molar-refractivity contribution in [1.29, 1.82) is 0 Å². The van der Waals surface area contributed by atoms with Gasteiger partial charge in [0.15, 0.2) is 5.82 Å². The Kier molecular flexibility index (Phi) is 5.46. The molecule has 0 saturated carbocycles. The van der Waals surface area contributed by atoms with Crippen molar-refractivity contribution in [2.75, 3.05) is 14.2 Å². The van der Waals surface area contributed by atoms with Gasteiger partial charge in [0.05, 0.1) is 19.6 Å². The molecule has 8 nitrogen and oxygen atoms in total. The molecule has 0 atom stereocenters. The predicted molar refractivity (Wildman–Crippen MR) is 112 cm³/mol. The quantitative estimate of drug-likeness (QED) is 0.599. The first-order valence-corrected chi connectivity index (χ1v) is 11.2. The predicted octanol–water partition coefficient (Wildman–Crippen LogP) is 3.38. The van der Waals surface area contributed by atoms with Crippen LogP contribution in [0.5, 0.6) is 0 Å². The van der Waals surface area contributed by atoms with E-state index >= 15 is 0 Å². The molecule has 3 aromatic rings. The summed E-state index contributed by atoms with van der Waals surface area (Å²) in [6.07, 6.45) is 2.20. The second kappa shape index (κ2) is 7.92. The maximum absolute atomic E-state index is 12.3. The Morgan fingerprint density at radius 3 is 2.00 bits per heavy atom. The fourth-order valence-electron chi connectivity index (χ4n) is 4.23. The van der Waals surface area contributed by atoms with Gasteiger partial charge in [-0.1, -0.05) is 19.1 Å². The third-order valence-corrected chi connectivity index (χ3v) is 7.68. The number of tetrazole rings is 1. The summed E-state index contributed by atoms with van der Waals surface area (Å²) in [5.41, 5.74) is 1.24. The van der Waals surface area contributed by atoms with E-state index in [0.717, 1.165) is 33.7 Å². The minimum atomic E-state index is -0.728. The number of nitrogens with zero attached hydrogens (tertiary/aromatic N) is 3. The lowest BCUT2D eigenvalue weighted by molar-refractivity contribution is 0.0597. The van der Waals surface area contributed by atoms with E-state index in [1.165, 1.54) is 36.9 Å². The van der Waals surface area contributed by atoms with Crippen molar-refractivity contribution in [2.24, 2.45) is 5.92 Å². The first-order valence-electron chi connectivity index (χ1n) is 9.57. The molecule has 0 amide bonds. The SMILES string of the molecule is COC(=O)c1cc2c(s1)CCc1sc(C(=O)OC)cc1C2(CC(C)C)c1nn[nH]n1. The molecule has 3 aromatic heterocycles. The van der Waals surface area contributed by atoms with Crippen LogP contribution in [0.2, 0.25) is 0 Å². The second-order valence-corrected chi connectivity index (χ2v) is 9.89. The first-order chi connectivity index (χ1) is 14.4. The minimum absolute atomic E-state index is 0.283. The van der Waals surface area contributed by atoms with Crippen LogP contribution in [0.1, 0.15) is 66.3 Å². The highest BCUT2D eigenvalue weighted by Gasteiger charge is 2.47. The molecular weight excluding hydrogens is 424 g/mol. The number of hydrogen-bond acceptors (Lipinski definition) is 9. The molecule has 158 valence electrons. The number of aromatic amines is 1. The van der Waals surface area contributed by atoms with Crippen LogP contribution in [-0.4, -0.2) is 46.8 Å². The third-order valence-electron chi connectivity index (χ3n) is 5.33. The highest BCUT2D eigenvalue weighted by molar-refractivity contribution is 7.14. The Hall–Kier alpha value is -2.59. The molecule has 1 aliphatic carbocycles. The molecule has 0 aliphatic heterocycles. The molecule has 0 bridgehead atoms. The molecule has 0 fully saturated rings. The number of nitrogens with one attached hydrogen (secondary N) is 1. The van der Waals surface area contributed by atoms with Crippen LogP contribution in [0.4, 0.5) is 0 Å². The largest absolute Gasteiger partial charge is 0.465 e. The number of rotatable bonds is 5. The third kappa shape index (κ3) is 3.24. The van der Waals surface area contributed by atoms with Gasteiger partial charge in [0.25, 0.3) is 0 Å². The lowest BCUT2D eigenvalue weighted by Crippen LogP contribution is -2.33. The first kappa shape index (κ1) is 20.7. The highest BCUT2D eigenvalue weighted by Crippen LogP contribution is 2.51. The zero-order chi connectivity index (χ0) is 21.5. The molecule has 4 rings (SSSR count). The Balaban J connectivity index is 2.03. The monoisotopic (exact) mass is 446 g/mol. The number of esters is 2. The van der Waals surface area contributed by atoms with Crippen LogP contribution in [0.3, 0.4) is 0 Å². The lowest BCUT2D eigenvalue weighted by atomic mass is 9.69. The van der Waals surface area contributed by atoms with Gasteiger partial charge in [0.2, 0.25) is 0 Å². The molecule has 0 saturated heterocycles. The second-order valence-electron chi connectivity index (χ2n) is 7.62. The summed E-state index contributed by atoms with van der Waals surface area (Å²) in [7, 11) is 2.76. The van der Waals surface area contributed by atoms with E-state index < -0.39 is 5.41 Å². The number of hydrogen-bond donors (Lipinski definition) is 1. The van der Waals surface area contributed by atoms with E-state index in [0.29, 0.717) is 22.0 Å². The smallest absolute Gasteiger partial charge is 0.348 e. The van der Waals surface area contributed by atoms with Crippen LogP contribution in [0.15, 0.2) is 12.1 Å². The van der Waals surface area contributed by atoms with Crippen molar-refractivity contribution >= 4 is 34.6 Å². The summed E-state index contributed by atoms with van der Waals surface area (Å²) in [5, 5.41) is 15.2. The van der Waals surface area contributed by atoms with Gasteiger partial charge >= 0.3 is 11.9 Å². The Morgan fingerprint density at radius 1 is 1.07 bits per heavy atom. The van der Waals surface area contributed by atoms with Crippen LogP contribution in [0.25, 0.3) is 0 Å². The number of H-pyrrole nitrogens is 1. The fourth-order valence-corrected chi connectivity index (χ4v) is 6.55. The number of thiophene rings is 2. The Bertz CT molecular complexity index is 1020. The summed E-state index contributed by atoms with van der Waals surface area (Å²) in [4.78, 5) is 27.9. The van der Waals surface area contributed by atoms with Crippen molar-refractivity contribution in [1.82, 2.24) is 20.6 Å². The maximum atomic E-state index is 12.3. The average molecular weight is 447 g/mol. The zero-order valence-corrected chi connectivity index (χ0v) is 18.8. The molecule has 1 aliphatic rings. The summed E-state index contributed by atoms with van der Waals surface area (Å²) >= 11 is 2.90. The van der Waals surface area contributed by atoms with E-state index in [9.17, 15) is 9.59 Å². The highest BCUT2D eigenvalue weighted by atomic mass is 32.1. The number of aromatic nitrogens is 4. The van der Waals surface area contributed by atoms with E-state index in [2.05, 4.69) is 34.5 Å². The zero-order valence-electron chi connectivity index (χ0n) is 17.1. The van der Waals surface area contributed by atoms with Gasteiger partial charge in [-0.3, -0.25) is 0 Å². The van der Waals surface area contributed by atoms with Crippen molar-refractivity contribution in [3.8, 4) is 0 Å². The Morgan fingerprint density at radius 2 is 1.60 bits per heavy atom. The lowest BCUT2D eigenvalue weighted by Gasteiger charge is -2.32. The Labute approximate surface area is 181 Å². The molecular formula is C20H22N4O4S2. The number of fused-ring (bicyclic) bond motifs is 2. The van der Waals surface area contributed by atoms with Gasteiger partial charge in [0.1, 0.15) is 9.75 Å². The van der Waals surface area contributed by atoms with E-state index in [4.69, 9.17) is 9.47 Å². The van der Waals surface area contributed by atoms with Crippen LogP contribution < -0.4 is 0 Å². The topological polar surface area (TPSA) is 107 Å². The molecule has 30 heavy (non-hydrogen) atoms. The van der Waals surface area contributed by atoms with Gasteiger partial charge in [-0.05, 0) is 48.4 Å². The van der Waals surface area contributed by atoms with Gasteiger partial charge in [-0.15, -0.1) is 32.9 Å². The number of methoxy groups -OCH3 is 2. The molecule has 10 heteroatoms. The number of carbonyl (C=O) groups excluding carboxylic acids is 2. The fraction of sp³-hybridized carbons (Fsp3) is 0.450. The van der Waals surface area contributed by atoms with E-state index in [1.807, 2.05) is 12.1 Å². The summed E-state index contributed by atoms with van der Waals surface area (Å²) in [6, 6.07) is 3.80. The summed E-state index contributed by atoms with van der Waals surface area (Å²) in [5.74, 6) is 0.0927. The van der Waals surface area contributed by atoms with Crippen molar-refractivity contribution < 1.29 is 19.1 Å². The van der Waals surface area contributed by atoms with Crippen molar-refractivity contribution in [3.05, 3.63) is 48.6 Å². The van der Waals surface area contributed by atoms with Crippen LogP contribution >= 0.6 is 22.7 Å².